The van der Waals surface area contributed by atoms with E-state index in [1.165, 1.54) is 18.2 Å². The van der Waals surface area contributed by atoms with Gasteiger partial charge in [-0.05, 0) is 22.6 Å². The molecule has 0 radical (unpaired) electrons. The van der Waals surface area contributed by atoms with Crippen LogP contribution in [-0.4, -0.2) is 24.5 Å². The lowest BCUT2D eigenvalue weighted by molar-refractivity contribution is -0.143. The lowest BCUT2D eigenvalue weighted by atomic mass is 10.1. The molecule has 3 nitrogen and oxygen atoms in total. The fourth-order valence-corrected chi connectivity index (χ4v) is 3.85. The molecule has 0 bridgehead atoms. The van der Waals surface area contributed by atoms with Crippen molar-refractivity contribution in [1.82, 2.24) is 4.90 Å². The Bertz CT molecular complexity index is 746. The van der Waals surface area contributed by atoms with Crippen LogP contribution in [0.4, 0.5) is 0 Å². The van der Waals surface area contributed by atoms with Crippen LogP contribution in [-0.2, 0) is 22.6 Å². The number of rotatable bonds is 8. The van der Waals surface area contributed by atoms with Crippen LogP contribution in [0.2, 0.25) is 0 Å². The van der Waals surface area contributed by atoms with Gasteiger partial charge < -0.3 is 4.74 Å². The normalized spacial score (nSPS) is 12.1. The molecule has 0 unspecified atom stereocenters. The summed E-state index contributed by atoms with van der Waals surface area (Å²) in [6.07, 6.45) is 0. The topological polar surface area (TPSA) is 29.5 Å². The van der Waals surface area contributed by atoms with Gasteiger partial charge in [-0.25, -0.2) is 0 Å². The predicted molar refractivity (Wildman–Crippen MR) is 106 cm³/mol. The van der Waals surface area contributed by atoms with Crippen LogP contribution < -0.4 is 0 Å². The van der Waals surface area contributed by atoms with Gasteiger partial charge in [0, 0.05) is 24.5 Å². The Morgan fingerprint density at radius 3 is 1.96 bits per heavy atom. The Morgan fingerprint density at radius 2 is 1.50 bits per heavy atom. The van der Waals surface area contributed by atoms with E-state index in [4.69, 9.17) is 4.74 Å². The number of nitrogens with zero attached hydrogens (tertiary/aromatic N) is 1. The van der Waals surface area contributed by atoms with Gasteiger partial charge in [0.15, 0.2) is 0 Å². The Morgan fingerprint density at radius 1 is 0.923 bits per heavy atom. The zero-order valence-corrected chi connectivity index (χ0v) is 15.7. The summed E-state index contributed by atoms with van der Waals surface area (Å²) in [5.74, 6) is -0.453. The molecular formula is C22H23NO2S. The van der Waals surface area contributed by atoms with Gasteiger partial charge in [-0.15, -0.1) is 11.3 Å². The third-order valence-electron chi connectivity index (χ3n) is 4.31. The van der Waals surface area contributed by atoms with E-state index in [9.17, 15) is 4.79 Å². The van der Waals surface area contributed by atoms with Crippen LogP contribution in [0.25, 0.3) is 0 Å². The number of benzene rings is 2. The highest BCUT2D eigenvalue weighted by Crippen LogP contribution is 2.25. The lowest BCUT2D eigenvalue weighted by Gasteiger charge is -2.26. The highest BCUT2D eigenvalue weighted by molar-refractivity contribution is 7.10. The monoisotopic (exact) mass is 365 g/mol. The average Bonchev–Trinajstić information content (AvgIpc) is 3.21. The molecule has 2 aromatic carbocycles. The summed E-state index contributed by atoms with van der Waals surface area (Å²) in [7, 11) is 1.46. The maximum absolute atomic E-state index is 12.4. The Kier molecular flexibility index (Phi) is 6.58. The van der Waals surface area contributed by atoms with Crippen LogP contribution in [0, 0.1) is 0 Å². The summed E-state index contributed by atoms with van der Waals surface area (Å²) in [5.41, 5.74) is 2.47. The minimum absolute atomic E-state index is 0.182. The second-order valence-corrected chi connectivity index (χ2v) is 7.21. The lowest BCUT2D eigenvalue weighted by Crippen LogP contribution is -2.31. The summed E-state index contributed by atoms with van der Waals surface area (Å²) < 4.78 is 5.08. The molecule has 0 aliphatic carbocycles. The minimum atomic E-state index is -0.271. The van der Waals surface area contributed by atoms with Crippen molar-refractivity contribution in [3.8, 4) is 0 Å². The molecule has 0 N–H and O–H groups in total. The van der Waals surface area contributed by atoms with E-state index in [1.54, 1.807) is 11.3 Å². The summed E-state index contributed by atoms with van der Waals surface area (Å²) in [4.78, 5) is 15.8. The first-order valence-corrected chi connectivity index (χ1v) is 9.55. The summed E-state index contributed by atoms with van der Waals surface area (Å²) in [5, 5.41) is 2.00. The van der Waals surface area contributed by atoms with Crippen LogP contribution >= 0.6 is 11.3 Å². The zero-order valence-electron chi connectivity index (χ0n) is 14.9. The number of hydrogen-bond donors (Lipinski definition) is 0. The van der Waals surface area contributed by atoms with Crippen molar-refractivity contribution in [1.29, 1.82) is 0 Å². The molecule has 0 fully saturated rings. The van der Waals surface area contributed by atoms with E-state index in [0.29, 0.717) is 6.54 Å². The summed E-state index contributed by atoms with van der Waals surface area (Å²) in [6.45, 7) is 2.19. The maximum atomic E-state index is 12.4. The number of esters is 1. The molecule has 0 amide bonds. The summed E-state index contributed by atoms with van der Waals surface area (Å²) >= 11 is 1.60. The predicted octanol–water partition coefficient (Wildman–Crippen LogP) is 4.71. The van der Waals surface area contributed by atoms with Gasteiger partial charge in [0.1, 0.15) is 5.92 Å². The highest BCUT2D eigenvalue weighted by Gasteiger charge is 2.25. The van der Waals surface area contributed by atoms with Crippen molar-refractivity contribution in [3.63, 3.8) is 0 Å². The van der Waals surface area contributed by atoms with Gasteiger partial charge in [0.25, 0.3) is 0 Å². The number of hydrogen-bond acceptors (Lipinski definition) is 4. The number of ether oxygens (including phenoxy) is 1. The van der Waals surface area contributed by atoms with Crippen molar-refractivity contribution >= 4 is 17.3 Å². The Hall–Kier alpha value is -2.43. The molecule has 1 atom stereocenters. The molecule has 0 saturated carbocycles. The number of carbonyl (C=O) groups excluding carboxylic acids is 1. The van der Waals surface area contributed by atoms with E-state index in [1.807, 2.05) is 53.9 Å². The van der Waals surface area contributed by atoms with Crippen molar-refractivity contribution in [2.75, 3.05) is 13.7 Å². The quantitative estimate of drug-likeness (QED) is 0.542. The molecule has 0 aliphatic heterocycles. The van der Waals surface area contributed by atoms with Gasteiger partial charge in [-0.3, -0.25) is 9.69 Å². The third kappa shape index (κ3) is 5.04. The van der Waals surface area contributed by atoms with Gasteiger partial charge >= 0.3 is 5.97 Å². The molecule has 134 valence electrons. The van der Waals surface area contributed by atoms with E-state index >= 15 is 0 Å². The Labute approximate surface area is 158 Å². The van der Waals surface area contributed by atoms with Crippen molar-refractivity contribution in [2.24, 2.45) is 0 Å². The third-order valence-corrected chi connectivity index (χ3v) is 5.30. The minimum Gasteiger partial charge on any atom is -0.468 e. The van der Waals surface area contributed by atoms with Gasteiger partial charge in [-0.1, -0.05) is 66.7 Å². The second kappa shape index (κ2) is 9.32. The highest BCUT2D eigenvalue weighted by atomic mass is 32.1. The van der Waals surface area contributed by atoms with Gasteiger partial charge in [0.05, 0.1) is 7.11 Å². The fraction of sp³-hybridized carbons (Fsp3) is 0.227. The first kappa shape index (κ1) is 18.4. The average molecular weight is 365 g/mol. The largest absolute Gasteiger partial charge is 0.468 e. The first-order valence-electron chi connectivity index (χ1n) is 8.67. The van der Waals surface area contributed by atoms with Crippen molar-refractivity contribution in [2.45, 2.75) is 19.0 Å². The first-order chi connectivity index (χ1) is 12.8. The van der Waals surface area contributed by atoms with Crippen LogP contribution in [0.3, 0.4) is 0 Å². The molecule has 1 aromatic heterocycles. The summed E-state index contributed by atoms with van der Waals surface area (Å²) in [6, 6.07) is 24.7. The molecule has 26 heavy (non-hydrogen) atoms. The van der Waals surface area contributed by atoms with Crippen LogP contribution in [0.5, 0.6) is 0 Å². The number of carbonyl (C=O) groups is 1. The molecule has 1 heterocycles. The molecule has 3 rings (SSSR count). The van der Waals surface area contributed by atoms with E-state index in [2.05, 4.69) is 29.2 Å². The number of thiophene rings is 1. The van der Waals surface area contributed by atoms with E-state index in [0.717, 1.165) is 18.0 Å². The number of methoxy groups -OCH3 is 1. The van der Waals surface area contributed by atoms with E-state index in [-0.39, 0.29) is 11.9 Å². The molecule has 4 heteroatoms. The maximum Gasteiger partial charge on any atom is 0.315 e. The van der Waals surface area contributed by atoms with Crippen LogP contribution in [0.15, 0.2) is 78.2 Å². The second-order valence-electron chi connectivity index (χ2n) is 6.23. The molecular weight excluding hydrogens is 342 g/mol. The standard InChI is InChI=1S/C22H23NO2S/c1-25-22(24)20(21-13-8-14-26-21)17-23(15-18-9-4-2-5-10-18)16-19-11-6-3-7-12-19/h2-14,20H,15-17H2,1H3/t20-/m1/s1. The molecule has 0 saturated heterocycles. The fourth-order valence-electron chi connectivity index (χ4n) is 3.04. The van der Waals surface area contributed by atoms with Crippen LogP contribution in [0.1, 0.15) is 21.9 Å². The van der Waals surface area contributed by atoms with Crippen molar-refractivity contribution in [3.05, 3.63) is 94.2 Å². The molecule has 3 aromatic rings. The van der Waals surface area contributed by atoms with E-state index < -0.39 is 0 Å². The zero-order chi connectivity index (χ0) is 18.2. The Balaban J connectivity index is 1.82. The van der Waals surface area contributed by atoms with Gasteiger partial charge in [-0.2, -0.15) is 0 Å². The molecule has 0 aliphatic rings. The van der Waals surface area contributed by atoms with Crippen molar-refractivity contribution < 1.29 is 9.53 Å². The smallest absolute Gasteiger partial charge is 0.315 e. The van der Waals surface area contributed by atoms with Gasteiger partial charge in [0.2, 0.25) is 0 Å². The SMILES string of the molecule is COC(=O)[C@H](CN(Cc1ccccc1)Cc1ccccc1)c1cccs1. The molecule has 0 spiro atoms.